The van der Waals surface area contributed by atoms with Gasteiger partial charge in [-0.3, -0.25) is 9.59 Å². The molecule has 0 atom stereocenters. The summed E-state index contributed by atoms with van der Waals surface area (Å²) in [5.41, 5.74) is 3.95. The molecule has 0 aliphatic carbocycles. The van der Waals surface area contributed by atoms with Crippen LogP contribution >= 0.6 is 11.6 Å². The van der Waals surface area contributed by atoms with Gasteiger partial charge >= 0.3 is 0 Å². The van der Waals surface area contributed by atoms with Crippen LogP contribution in [0.1, 0.15) is 27.2 Å². The van der Waals surface area contributed by atoms with Gasteiger partial charge in [0.15, 0.2) is 0 Å². The van der Waals surface area contributed by atoms with E-state index in [2.05, 4.69) is 9.71 Å². The van der Waals surface area contributed by atoms with E-state index in [-0.39, 0.29) is 11.3 Å². The van der Waals surface area contributed by atoms with Gasteiger partial charge in [0.05, 0.1) is 6.26 Å². The molecule has 0 fully saturated rings. The number of aromatic amines is 1. The van der Waals surface area contributed by atoms with Crippen LogP contribution in [0.5, 0.6) is 0 Å². The fraction of sp³-hybridized carbons (Fsp3) is 0.167. The first-order valence-corrected chi connectivity index (χ1v) is 12.4. The Morgan fingerprint density at radius 2 is 1.88 bits per heavy atom. The molecule has 2 heterocycles. The van der Waals surface area contributed by atoms with Crippen LogP contribution in [0, 0.1) is 13.8 Å². The summed E-state index contributed by atoms with van der Waals surface area (Å²) in [5.74, 6) is -0.826. The minimum absolute atomic E-state index is 0.0642. The third-order valence-electron chi connectivity index (χ3n) is 5.43. The average Bonchev–Trinajstić information content (AvgIpc) is 3.02. The van der Waals surface area contributed by atoms with Crippen molar-refractivity contribution < 1.29 is 13.2 Å². The first-order chi connectivity index (χ1) is 15.5. The Morgan fingerprint density at radius 3 is 2.55 bits per heavy atom. The van der Waals surface area contributed by atoms with E-state index in [1.807, 2.05) is 32.0 Å². The number of aryl methyl sites for hydroxylation is 2. The minimum Gasteiger partial charge on any atom is -0.331 e. The Balaban J connectivity index is 2.09. The zero-order chi connectivity index (χ0) is 23.9. The molecule has 2 aromatic carbocycles. The molecular weight excluding hydrogens is 462 g/mol. The molecule has 7 nitrogen and oxygen atoms in total. The van der Waals surface area contributed by atoms with E-state index in [4.69, 9.17) is 11.6 Å². The zero-order valence-electron chi connectivity index (χ0n) is 18.3. The van der Waals surface area contributed by atoms with Gasteiger partial charge in [-0.2, -0.15) is 0 Å². The molecule has 2 aromatic heterocycles. The summed E-state index contributed by atoms with van der Waals surface area (Å²) < 4.78 is 27.6. The molecule has 0 spiro atoms. The highest BCUT2D eigenvalue weighted by molar-refractivity contribution is 7.89. The molecule has 0 aliphatic heterocycles. The standard InChI is InChI=1S/C24H22ClN3O4S/c1-14-6-7-16(15(2)11-14)13-28-20-9-8-17(25)12-19(20)21(18-5-4-10-26-23(18)29)22(28)24(30)27-33(3,31)32/h4-12H,13H2,1-3H3,(H,26,29)(H,27,30). The van der Waals surface area contributed by atoms with Crippen LogP contribution in [0.15, 0.2) is 59.5 Å². The van der Waals surface area contributed by atoms with Crippen molar-refractivity contribution in [3.63, 3.8) is 0 Å². The molecule has 0 aliphatic rings. The normalized spacial score (nSPS) is 11.6. The molecule has 4 rings (SSSR count). The number of hydrogen-bond acceptors (Lipinski definition) is 4. The third kappa shape index (κ3) is 4.58. The first kappa shape index (κ1) is 22.8. The van der Waals surface area contributed by atoms with Crippen molar-refractivity contribution in [2.45, 2.75) is 20.4 Å². The number of carbonyl (C=O) groups is 1. The van der Waals surface area contributed by atoms with Gasteiger partial charge in [-0.1, -0.05) is 35.4 Å². The molecule has 33 heavy (non-hydrogen) atoms. The molecule has 0 saturated carbocycles. The lowest BCUT2D eigenvalue weighted by Gasteiger charge is -2.14. The number of benzene rings is 2. The molecule has 0 unspecified atom stereocenters. The summed E-state index contributed by atoms with van der Waals surface area (Å²) in [6.45, 7) is 4.26. The lowest BCUT2D eigenvalue weighted by atomic mass is 10.0. The van der Waals surface area contributed by atoms with E-state index in [9.17, 15) is 18.0 Å². The summed E-state index contributed by atoms with van der Waals surface area (Å²) in [4.78, 5) is 28.7. The maximum Gasteiger partial charge on any atom is 0.282 e. The fourth-order valence-electron chi connectivity index (χ4n) is 4.03. The van der Waals surface area contributed by atoms with Crippen molar-refractivity contribution in [1.82, 2.24) is 14.3 Å². The number of carbonyl (C=O) groups excluding carboxylic acids is 1. The van der Waals surface area contributed by atoms with Crippen molar-refractivity contribution in [2.24, 2.45) is 0 Å². The van der Waals surface area contributed by atoms with Crippen LogP contribution in [-0.4, -0.2) is 30.1 Å². The van der Waals surface area contributed by atoms with Crippen molar-refractivity contribution in [2.75, 3.05) is 6.26 Å². The van der Waals surface area contributed by atoms with Gasteiger partial charge in [0.2, 0.25) is 10.0 Å². The molecule has 170 valence electrons. The fourth-order valence-corrected chi connectivity index (χ4v) is 4.63. The number of H-pyrrole nitrogens is 1. The van der Waals surface area contributed by atoms with Crippen LogP contribution in [0.4, 0.5) is 0 Å². The molecular formula is C24H22ClN3O4S. The monoisotopic (exact) mass is 483 g/mol. The molecule has 2 N–H and O–H groups in total. The van der Waals surface area contributed by atoms with E-state index >= 15 is 0 Å². The number of halogens is 1. The van der Waals surface area contributed by atoms with Crippen molar-refractivity contribution >= 4 is 38.4 Å². The molecule has 4 aromatic rings. The first-order valence-electron chi connectivity index (χ1n) is 10.1. The Kier molecular flexibility index (Phi) is 5.90. The second-order valence-corrected chi connectivity index (χ2v) is 10.2. The van der Waals surface area contributed by atoms with E-state index in [0.29, 0.717) is 28.0 Å². The van der Waals surface area contributed by atoms with Gasteiger partial charge in [-0.05, 0) is 55.3 Å². The molecule has 9 heteroatoms. The van der Waals surface area contributed by atoms with Gasteiger partial charge in [-0.25, -0.2) is 13.1 Å². The second-order valence-electron chi connectivity index (χ2n) is 8.02. The second kappa shape index (κ2) is 8.53. The maximum absolute atomic E-state index is 13.3. The van der Waals surface area contributed by atoms with E-state index in [1.54, 1.807) is 34.9 Å². The lowest BCUT2D eigenvalue weighted by Crippen LogP contribution is -2.32. The SMILES string of the molecule is Cc1ccc(Cn2c(C(=O)NS(C)(=O)=O)c(-c3ccc[nH]c3=O)c3cc(Cl)ccc32)c(C)c1. The molecule has 0 bridgehead atoms. The largest absolute Gasteiger partial charge is 0.331 e. The van der Waals surface area contributed by atoms with Gasteiger partial charge in [0.1, 0.15) is 5.69 Å². The van der Waals surface area contributed by atoms with Crippen LogP contribution in [0.2, 0.25) is 5.02 Å². The Bertz CT molecular complexity index is 1570. The number of hydrogen-bond donors (Lipinski definition) is 2. The zero-order valence-corrected chi connectivity index (χ0v) is 19.8. The quantitative estimate of drug-likeness (QED) is 0.448. The number of aromatic nitrogens is 2. The number of nitrogens with one attached hydrogen (secondary N) is 2. The summed E-state index contributed by atoms with van der Waals surface area (Å²) in [6.07, 6.45) is 2.40. The predicted molar refractivity (Wildman–Crippen MR) is 130 cm³/mol. The van der Waals surface area contributed by atoms with E-state index in [1.165, 1.54) is 6.20 Å². The number of pyridine rings is 1. The summed E-state index contributed by atoms with van der Waals surface area (Å²) in [5, 5.41) is 0.998. The average molecular weight is 484 g/mol. The van der Waals surface area contributed by atoms with E-state index in [0.717, 1.165) is 22.9 Å². The number of rotatable bonds is 5. The van der Waals surface area contributed by atoms with Crippen LogP contribution in [0.3, 0.4) is 0 Å². The maximum atomic E-state index is 13.3. The van der Waals surface area contributed by atoms with Crippen molar-refractivity contribution in [3.05, 3.63) is 92.5 Å². The number of amides is 1. The van der Waals surface area contributed by atoms with Crippen molar-refractivity contribution in [1.29, 1.82) is 0 Å². The highest BCUT2D eigenvalue weighted by Crippen LogP contribution is 2.36. The molecule has 0 saturated heterocycles. The van der Waals surface area contributed by atoms with Gasteiger partial charge in [-0.15, -0.1) is 0 Å². The molecule has 0 radical (unpaired) electrons. The highest BCUT2D eigenvalue weighted by Gasteiger charge is 2.27. The summed E-state index contributed by atoms with van der Waals surface area (Å²) >= 11 is 6.28. The smallest absolute Gasteiger partial charge is 0.282 e. The lowest BCUT2D eigenvalue weighted by molar-refractivity contribution is 0.0974. The number of fused-ring (bicyclic) bond motifs is 1. The summed E-state index contributed by atoms with van der Waals surface area (Å²) in [6, 6.07) is 14.4. The van der Waals surface area contributed by atoms with Gasteiger partial charge in [0.25, 0.3) is 11.5 Å². The molecule has 1 amide bonds. The summed E-state index contributed by atoms with van der Waals surface area (Å²) in [7, 11) is -3.85. The van der Waals surface area contributed by atoms with Gasteiger partial charge in [0, 0.05) is 39.8 Å². The Morgan fingerprint density at radius 1 is 1.12 bits per heavy atom. The number of nitrogens with zero attached hydrogens (tertiary/aromatic N) is 1. The van der Waals surface area contributed by atoms with Crippen LogP contribution in [0.25, 0.3) is 22.0 Å². The van der Waals surface area contributed by atoms with Crippen molar-refractivity contribution in [3.8, 4) is 11.1 Å². The predicted octanol–water partition coefficient (Wildman–Crippen LogP) is 4.00. The van der Waals surface area contributed by atoms with Gasteiger partial charge < -0.3 is 9.55 Å². The van der Waals surface area contributed by atoms with Crippen LogP contribution in [-0.2, 0) is 16.6 Å². The van der Waals surface area contributed by atoms with E-state index < -0.39 is 21.5 Å². The topological polar surface area (TPSA) is 101 Å². The third-order valence-corrected chi connectivity index (χ3v) is 6.22. The number of sulfonamides is 1. The van der Waals surface area contributed by atoms with Crippen LogP contribution < -0.4 is 10.3 Å². The highest BCUT2D eigenvalue weighted by atomic mass is 35.5. The minimum atomic E-state index is -3.85. The Labute approximate surface area is 196 Å². The Hall–Kier alpha value is -3.36.